The second kappa shape index (κ2) is 4.75. The van der Waals surface area contributed by atoms with Crippen LogP contribution >= 0.6 is 0 Å². The van der Waals surface area contributed by atoms with Crippen LogP contribution in [0.15, 0.2) is 18.3 Å². The minimum absolute atomic E-state index is 0.158. The molecular weight excluding hydrogens is 220 g/mol. The molecule has 0 aliphatic carbocycles. The maximum atomic E-state index is 4.82. The van der Waals surface area contributed by atoms with Crippen molar-refractivity contribution < 1.29 is 0 Å². The lowest BCUT2D eigenvalue weighted by molar-refractivity contribution is 0.550. The summed E-state index contributed by atoms with van der Waals surface area (Å²) >= 11 is 0. The number of aromatic amines is 1. The molecule has 0 spiro atoms. The van der Waals surface area contributed by atoms with Crippen LogP contribution in [0.4, 0.5) is 0 Å². The van der Waals surface area contributed by atoms with Crippen molar-refractivity contribution in [2.45, 2.75) is 52.9 Å². The van der Waals surface area contributed by atoms with E-state index in [1.165, 1.54) is 23.1 Å². The van der Waals surface area contributed by atoms with Crippen molar-refractivity contribution >= 4 is 11.0 Å². The van der Waals surface area contributed by atoms with Crippen LogP contribution in [0, 0.1) is 5.92 Å². The lowest BCUT2D eigenvalue weighted by atomic mass is 9.84. The van der Waals surface area contributed by atoms with Gasteiger partial charge in [0.1, 0.15) is 5.65 Å². The van der Waals surface area contributed by atoms with E-state index in [0.717, 1.165) is 18.0 Å². The van der Waals surface area contributed by atoms with E-state index in [1.54, 1.807) is 0 Å². The van der Waals surface area contributed by atoms with Gasteiger partial charge in [-0.25, -0.2) is 4.98 Å². The van der Waals surface area contributed by atoms with Gasteiger partial charge in [-0.2, -0.15) is 0 Å². The molecule has 0 saturated carbocycles. The van der Waals surface area contributed by atoms with Crippen LogP contribution in [0.5, 0.6) is 0 Å². The third-order valence-corrected chi connectivity index (χ3v) is 3.38. The Morgan fingerprint density at radius 3 is 2.61 bits per heavy atom. The maximum absolute atomic E-state index is 4.82. The van der Waals surface area contributed by atoms with Crippen LogP contribution in [0.2, 0.25) is 0 Å². The molecule has 2 nitrogen and oxygen atoms in total. The molecular formula is C16H24N2. The van der Waals surface area contributed by atoms with Crippen LogP contribution in [0.25, 0.3) is 11.0 Å². The third-order valence-electron chi connectivity index (χ3n) is 3.38. The van der Waals surface area contributed by atoms with Crippen molar-refractivity contribution in [3.63, 3.8) is 0 Å². The summed E-state index contributed by atoms with van der Waals surface area (Å²) in [5.41, 5.74) is 3.81. The number of H-pyrrole nitrogens is 1. The summed E-state index contributed by atoms with van der Waals surface area (Å²) in [5, 5.41) is 1.22. The van der Waals surface area contributed by atoms with Crippen molar-refractivity contribution in [3.05, 3.63) is 29.6 Å². The molecule has 2 rings (SSSR count). The predicted octanol–water partition coefficient (Wildman–Crippen LogP) is 4.45. The van der Waals surface area contributed by atoms with Gasteiger partial charge in [-0.05, 0) is 41.9 Å². The molecule has 1 N–H and O–H groups in total. The lowest BCUT2D eigenvalue weighted by Gasteiger charge is -2.22. The van der Waals surface area contributed by atoms with Crippen molar-refractivity contribution in [1.29, 1.82) is 0 Å². The van der Waals surface area contributed by atoms with Crippen LogP contribution in [-0.2, 0) is 11.8 Å². The Balaban J connectivity index is 2.46. The Labute approximate surface area is 110 Å². The van der Waals surface area contributed by atoms with Gasteiger partial charge >= 0.3 is 0 Å². The summed E-state index contributed by atoms with van der Waals surface area (Å²) in [6, 6.07) is 4.40. The van der Waals surface area contributed by atoms with Crippen molar-refractivity contribution in [2.75, 3.05) is 0 Å². The van der Waals surface area contributed by atoms with Gasteiger partial charge in [0.15, 0.2) is 0 Å². The second-order valence-electron chi connectivity index (χ2n) is 6.58. The molecule has 0 amide bonds. The molecule has 0 aliphatic heterocycles. The van der Waals surface area contributed by atoms with Gasteiger partial charge in [-0.3, -0.25) is 0 Å². The van der Waals surface area contributed by atoms with Gasteiger partial charge in [0.05, 0.1) is 0 Å². The normalized spacial score (nSPS) is 12.6. The molecule has 2 heterocycles. The highest BCUT2D eigenvalue weighted by atomic mass is 14.9. The van der Waals surface area contributed by atoms with E-state index in [9.17, 15) is 0 Å². The number of nitrogens with one attached hydrogen (secondary N) is 1. The Kier molecular flexibility index (Phi) is 3.47. The summed E-state index contributed by atoms with van der Waals surface area (Å²) in [5.74, 6) is 0.721. The van der Waals surface area contributed by atoms with E-state index in [0.29, 0.717) is 0 Å². The number of fused-ring (bicyclic) bond motifs is 1. The number of hydrogen-bond acceptors (Lipinski definition) is 1. The van der Waals surface area contributed by atoms with Gasteiger partial charge in [-0.15, -0.1) is 0 Å². The van der Waals surface area contributed by atoms with E-state index in [2.05, 4.69) is 51.7 Å². The highest BCUT2D eigenvalue weighted by molar-refractivity contribution is 5.76. The number of hydrogen-bond donors (Lipinski definition) is 1. The van der Waals surface area contributed by atoms with E-state index >= 15 is 0 Å². The standard InChI is InChI=1S/C16H24N2/c1-11(2)6-7-14-13(16(3,4)5)10-12-8-9-17-15(12)18-14/h8-11H,6-7H2,1-5H3,(H,17,18). The zero-order valence-corrected chi connectivity index (χ0v) is 12.2. The van der Waals surface area contributed by atoms with Crippen molar-refractivity contribution in [1.82, 2.24) is 9.97 Å². The molecule has 2 aromatic rings. The van der Waals surface area contributed by atoms with Gasteiger partial charge < -0.3 is 4.98 Å². The largest absolute Gasteiger partial charge is 0.346 e. The molecule has 2 aromatic heterocycles. The number of rotatable bonds is 3. The molecule has 0 fully saturated rings. The first-order chi connectivity index (χ1) is 8.38. The third kappa shape index (κ3) is 2.74. The van der Waals surface area contributed by atoms with Gasteiger partial charge in [-0.1, -0.05) is 34.6 Å². The first-order valence-corrected chi connectivity index (χ1v) is 6.85. The molecule has 0 saturated heterocycles. The minimum atomic E-state index is 0.158. The quantitative estimate of drug-likeness (QED) is 0.849. The SMILES string of the molecule is CC(C)CCc1nc2[nH]ccc2cc1C(C)(C)C. The molecule has 0 aromatic carbocycles. The van der Waals surface area contributed by atoms with Crippen molar-refractivity contribution in [2.24, 2.45) is 5.92 Å². The van der Waals surface area contributed by atoms with Crippen LogP contribution in [0.1, 0.15) is 52.3 Å². The molecule has 18 heavy (non-hydrogen) atoms. The van der Waals surface area contributed by atoms with Gasteiger partial charge in [0.25, 0.3) is 0 Å². The molecule has 0 bridgehead atoms. The Morgan fingerprint density at radius 2 is 2.00 bits per heavy atom. The first-order valence-electron chi connectivity index (χ1n) is 6.85. The van der Waals surface area contributed by atoms with E-state index < -0.39 is 0 Å². The molecule has 0 atom stereocenters. The number of aryl methyl sites for hydroxylation is 1. The van der Waals surface area contributed by atoms with E-state index in [1.807, 2.05) is 6.20 Å². The second-order valence-corrected chi connectivity index (χ2v) is 6.58. The summed E-state index contributed by atoms with van der Waals surface area (Å²) in [6.07, 6.45) is 4.23. The van der Waals surface area contributed by atoms with Crippen LogP contribution < -0.4 is 0 Å². The smallest absolute Gasteiger partial charge is 0.137 e. The molecule has 0 radical (unpaired) electrons. The molecule has 98 valence electrons. The lowest BCUT2D eigenvalue weighted by Crippen LogP contribution is -2.16. The Morgan fingerprint density at radius 1 is 1.28 bits per heavy atom. The number of pyridine rings is 1. The van der Waals surface area contributed by atoms with Gasteiger partial charge in [0, 0.05) is 17.3 Å². The predicted molar refractivity (Wildman–Crippen MR) is 78.0 cm³/mol. The fraction of sp³-hybridized carbons (Fsp3) is 0.562. The maximum Gasteiger partial charge on any atom is 0.137 e. The summed E-state index contributed by atoms with van der Waals surface area (Å²) < 4.78 is 0. The first kappa shape index (κ1) is 13.1. The monoisotopic (exact) mass is 244 g/mol. The highest BCUT2D eigenvalue weighted by Gasteiger charge is 2.20. The van der Waals surface area contributed by atoms with Crippen LogP contribution in [-0.4, -0.2) is 9.97 Å². The minimum Gasteiger partial charge on any atom is -0.346 e. The average Bonchev–Trinajstić information content (AvgIpc) is 2.70. The Bertz CT molecular complexity index is 530. The fourth-order valence-corrected chi connectivity index (χ4v) is 2.29. The van der Waals surface area contributed by atoms with E-state index in [-0.39, 0.29) is 5.41 Å². The summed E-state index contributed by atoms with van der Waals surface area (Å²) in [4.78, 5) is 8.03. The number of aromatic nitrogens is 2. The fourth-order valence-electron chi connectivity index (χ4n) is 2.29. The van der Waals surface area contributed by atoms with Crippen molar-refractivity contribution in [3.8, 4) is 0 Å². The zero-order valence-electron chi connectivity index (χ0n) is 12.2. The van der Waals surface area contributed by atoms with Gasteiger partial charge in [0.2, 0.25) is 0 Å². The molecule has 2 heteroatoms. The number of nitrogens with zero attached hydrogens (tertiary/aromatic N) is 1. The summed E-state index contributed by atoms with van der Waals surface area (Å²) in [7, 11) is 0. The zero-order chi connectivity index (χ0) is 13.3. The summed E-state index contributed by atoms with van der Waals surface area (Å²) in [6.45, 7) is 11.3. The topological polar surface area (TPSA) is 28.7 Å². The molecule has 0 unspecified atom stereocenters. The highest BCUT2D eigenvalue weighted by Crippen LogP contribution is 2.29. The average molecular weight is 244 g/mol. The Hall–Kier alpha value is -1.31. The molecule has 0 aliphatic rings. The van der Waals surface area contributed by atoms with E-state index in [4.69, 9.17) is 4.98 Å². The van der Waals surface area contributed by atoms with Crippen LogP contribution in [0.3, 0.4) is 0 Å².